The molecule has 1 fully saturated rings. The summed E-state index contributed by atoms with van der Waals surface area (Å²) in [4.78, 5) is 39.5. The van der Waals surface area contributed by atoms with E-state index in [1.54, 1.807) is 35.2 Å². The fourth-order valence-corrected chi connectivity index (χ4v) is 4.12. The van der Waals surface area contributed by atoms with Crippen LogP contribution in [0.25, 0.3) is 0 Å². The van der Waals surface area contributed by atoms with Crippen molar-refractivity contribution in [2.45, 2.75) is 19.9 Å². The number of thiophene rings is 1. The molecule has 7 heteroatoms. The zero-order valence-electron chi connectivity index (χ0n) is 17.1. The number of hydrogen-bond acceptors (Lipinski definition) is 4. The topological polar surface area (TPSA) is 78.5 Å². The van der Waals surface area contributed by atoms with E-state index >= 15 is 0 Å². The Morgan fingerprint density at radius 1 is 1.00 bits per heavy atom. The number of nitrogens with one attached hydrogen (secondary N) is 2. The molecule has 1 atom stereocenters. The van der Waals surface area contributed by atoms with Gasteiger partial charge in [-0.25, -0.2) is 0 Å². The van der Waals surface area contributed by atoms with E-state index in [4.69, 9.17) is 0 Å². The van der Waals surface area contributed by atoms with Crippen LogP contribution in [0.4, 0.5) is 11.4 Å². The lowest BCUT2D eigenvalue weighted by Gasteiger charge is -2.17. The minimum atomic E-state index is -0.379. The SMILES string of the molecule is Cc1ccc(CN2CC(C(=O)Nc3ccc(NC(=O)c4cccs4)cc3)CC2=O)cc1. The van der Waals surface area contributed by atoms with E-state index in [9.17, 15) is 14.4 Å². The number of nitrogens with zero attached hydrogens (tertiary/aromatic N) is 1. The second-order valence-corrected chi connectivity index (χ2v) is 8.61. The first-order valence-corrected chi connectivity index (χ1v) is 10.9. The first-order valence-electron chi connectivity index (χ1n) is 10.1. The van der Waals surface area contributed by atoms with Gasteiger partial charge in [-0.15, -0.1) is 11.3 Å². The Bertz CT molecular complexity index is 1080. The first-order chi connectivity index (χ1) is 15.0. The van der Waals surface area contributed by atoms with Gasteiger partial charge >= 0.3 is 0 Å². The van der Waals surface area contributed by atoms with Crippen LogP contribution in [-0.4, -0.2) is 29.2 Å². The number of hydrogen-bond donors (Lipinski definition) is 2. The third-order valence-electron chi connectivity index (χ3n) is 5.23. The van der Waals surface area contributed by atoms with Crippen molar-refractivity contribution in [2.24, 2.45) is 5.92 Å². The van der Waals surface area contributed by atoms with E-state index in [-0.39, 0.29) is 30.1 Å². The number of benzene rings is 2. The number of aryl methyl sites for hydroxylation is 1. The molecule has 6 nitrogen and oxygen atoms in total. The highest BCUT2D eigenvalue weighted by molar-refractivity contribution is 7.12. The molecule has 31 heavy (non-hydrogen) atoms. The summed E-state index contributed by atoms with van der Waals surface area (Å²) in [6, 6.07) is 18.6. The summed E-state index contributed by atoms with van der Waals surface area (Å²) < 4.78 is 0. The normalized spacial score (nSPS) is 15.7. The summed E-state index contributed by atoms with van der Waals surface area (Å²) in [5.41, 5.74) is 3.51. The second kappa shape index (κ2) is 9.14. The van der Waals surface area contributed by atoms with Gasteiger partial charge in [-0.05, 0) is 48.2 Å². The Labute approximate surface area is 184 Å². The van der Waals surface area contributed by atoms with Crippen molar-refractivity contribution in [2.75, 3.05) is 17.2 Å². The zero-order chi connectivity index (χ0) is 21.8. The van der Waals surface area contributed by atoms with Gasteiger partial charge in [-0.2, -0.15) is 0 Å². The molecule has 2 N–H and O–H groups in total. The molecule has 1 aromatic heterocycles. The van der Waals surface area contributed by atoms with E-state index in [1.165, 1.54) is 16.9 Å². The van der Waals surface area contributed by atoms with E-state index in [0.717, 1.165) is 5.56 Å². The molecule has 1 saturated heterocycles. The minimum absolute atomic E-state index is 0.00707. The lowest BCUT2D eigenvalue weighted by molar-refractivity contribution is -0.128. The second-order valence-electron chi connectivity index (χ2n) is 7.66. The van der Waals surface area contributed by atoms with Crippen LogP contribution in [-0.2, 0) is 16.1 Å². The summed E-state index contributed by atoms with van der Waals surface area (Å²) in [6.07, 6.45) is 0.215. The molecule has 1 aliphatic rings. The van der Waals surface area contributed by atoms with Crippen molar-refractivity contribution in [3.05, 3.63) is 82.0 Å². The molecule has 3 amide bonds. The molecule has 158 valence electrons. The molecule has 4 rings (SSSR count). The van der Waals surface area contributed by atoms with Crippen LogP contribution in [0.3, 0.4) is 0 Å². The lowest BCUT2D eigenvalue weighted by Crippen LogP contribution is -2.28. The van der Waals surface area contributed by atoms with Crippen LogP contribution in [0, 0.1) is 12.8 Å². The predicted molar refractivity (Wildman–Crippen MR) is 122 cm³/mol. The lowest BCUT2D eigenvalue weighted by atomic mass is 10.1. The van der Waals surface area contributed by atoms with E-state index in [2.05, 4.69) is 10.6 Å². The largest absolute Gasteiger partial charge is 0.338 e. The molecule has 3 aromatic rings. The van der Waals surface area contributed by atoms with Crippen LogP contribution < -0.4 is 10.6 Å². The Balaban J connectivity index is 1.31. The van der Waals surface area contributed by atoms with Crippen LogP contribution in [0.1, 0.15) is 27.2 Å². The summed E-state index contributed by atoms with van der Waals surface area (Å²) >= 11 is 1.38. The minimum Gasteiger partial charge on any atom is -0.338 e. The van der Waals surface area contributed by atoms with Gasteiger partial charge in [0.15, 0.2) is 0 Å². The summed E-state index contributed by atoms with van der Waals surface area (Å²) in [7, 11) is 0. The van der Waals surface area contributed by atoms with Gasteiger partial charge < -0.3 is 15.5 Å². The van der Waals surface area contributed by atoms with Crippen LogP contribution >= 0.6 is 11.3 Å². The fourth-order valence-electron chi connectivity index (χ4n) is 3.50. The predicted octanol–water partition coefficient (Wildman–Crippen LogP) is 4.30. The first kappa shape index (κ1) is 20.8. The summed E-state index contributed by atoms with van der Waals surface area (Å²) in [6.45, 7) is 2.95. The molecule has 0 saturated carbocycles. The molecular formula is C24H23N3O3S. The quantitative estimate of drug-likeness (QED) is 0.609. The zero-order valence-corrected chi connectivity index (χ0v) is 17.9. The average molecular weight is 434 g/mol. The van der Waals surface area contributed by atoms with Gasteiger partial charge in [0.1, 0.15) is 0 Å². The molecule has 0 aliphatic carbocycles. The molecule has 0 spiro atoms. The van der Waals surface area contributed by atoms with Gasteiger partial charge in [0.05, 0.1) is 10.8 Å². The monoisotopic (exact) mass is 433 g/mol. The smallest absolute Gasteiger partial charge is 0.265 e. The Kier molecular flexibility index (Phi) is 6.13. The van der Waals surface area contributed by atoms with Crippen LogP contribution in [0.15, 0.2) is 66.0 Å². The Morgan fingerprint density at radius 3 is 2.32 bits per heavy atom. The van der Waals surface area contributed by atoms with E-state index in [0.29, 0.717) is 29.3 Å². The molecule has 0 radical (unpaired) electrons. The Hall–Kier alpha value is -3.45. The molecule has 1 aliphatic heterocycles. The number of rotatable bonds is 6. The van der Waals surface area contributed by atoms with Crippen molar-refractivity contribution < 1.29 is 14.4 Å². The van der Waals surface area contributed by atoms with Gasteiger partial charge in [0, 0.05) is 30.9 Å². The number of anilines is 2. The Morgan fingerprint density at radius 2 is 1.68 bits per heavy atom. The summed E-state index contributed by atoms with van der Waals surface area (Å²) in [5, 5.41) is 7.55. The standard InChI is InChI=1S/C24H23N3O3S/c1-16-4-6-17(7-5-16)14-27-15-18(13-22(27)28)23(29)25-19-8-10-20(11-9-19)26-24(30)21-3-2-12-31-21/h2-12,18H,13-15H2,1H3,(H,25,29)(H,26,30). The highest BCUT2D eigenvalue weighted by Gasteiger charge is 2.34. The average Bonchev–Trinajstić information content (AvgIpc) is 3.42. The maximum absolute atomic E-state index is 12.7. The maximum Gasteiger partial charge on any atom is 0.265 e. The molecular weight excluding hydrogens is 410 g/mol. The molecule has 2 heterocycles. The molecule has 0 bridgehead atoms. The van der Waals surface area contributed by atoms with Gasteiger partial charge in [-0.3, -0.25) is 14.4 Å². The van der Waals surface area contributed by atoms with Gasteiger partial charge in [0.25, 0.3) is 5.91 Å². The number of carbonyl (C=O) groups excluding carboxylic acids is 3. The number of amides is 3. The van der Waals surface area contributed by atoms with Crippen molar-refractivity contribution in [1.82, 2.24) is 4.90 Å². The molecule has 2 aromatic carbocycles. The van der Waals surface area contributed by atoms with E-state index < -0.39 is 0 Å². The number of carbonyl (C=O) groups is 3. The third kappa shape index (κ3) is 5.19. The van der Waals surface area contributed by atoms with E-state index in [1.807, 2.05) is 42.6 Å². The van der Waals surface area contributed by atoms with Crippen molar-refractivity contribution in [3.63, 3.8) is 0 Å². The van der Waals surface area contributed by atoms with Crippen molar-refractivity contribution in [1.29, 1.82) is 0 Å². The molecule has 1 unspecified atom stereocenters. The van der Waals surface area contributed by atoms with Gasteiger partial charge in [-0.1, -0.05) is 35.9 Å². The van der Waals surface area contributed by atoms with Gasteiger partial charge in [0.2, 0.25) is 11.8 Å². The third-order valence-corrected chi connectivity index (χ3v) is 6.10. The number of likely N-dealkylation sites (tertiary alicyclic amines) is 1. The van der Waals surface area contributed by atoms with Crippen LogP contribution in [0.2, 0.25) is 0 Å². The van der Waals surface area contributed by atoms with Crippen molar-refractivity contribution in [3.8, 4) is 0 Å². The van der Waals surface area contributed by atoms with Crippen molar-refractivity contribution >= 4 is 40.4 Å². The fraction of sp³-hybridized carbons (Fsp3) is 0.208. The van der Waals surface area contributed by atoms with Crippen LogP contribution in [0.5, 0.6) is 0 Å². The summed E-state index contributed by atoms with van der Waals surface area (Å²) in [5.74, 6) is -0.719. The highest BCUT2D eigenvalue weighted by atomic mass is 32.1. The highest BCUT2D eigenvalue weighted by Crippen LogP contribution is 2.23. The maximum atomic E-state index is 12.7.